The third-order valence-corrected chi connectivity index (χ3v) is 6.74. The maximum Gasteiger partial charge on any atom is 0.254 e. The molecule has 1 N–H and O–H groups in total. The second kappa shape index (κ2) is 8.03. The predicted octanol–water partition coefficient (Wildman–Crippen LogP) is 4.44. The van der Waals surface area contributed by atoms with Crippen LogP contribution in [0.3, 0.4) is 0 Å². The Morgan fingerprint density at radius 3 is 2.62 bits per heavy atom. The minimum Gasteiger partial charge on any atom is -0.361 e. The maximum absolute atomic E-state index is 12.9. The standard InChI is InChI=1S/C25H29N3O/c29-25-21-8-2-1-6-19(21)7-5-13-28(25)17-16-27-14-11-20(12-15-27)23-18-26-24-10-4-3-9-22(23)24/h1-4,6,8-10,18,20,26H,5,7,11-17H2. The van der Waals surface area contributed by atoms with Crippen LogP contribution in [0.15, 0.2) is 54.7 Å². The Labute approximate surface area is 172 Å². The quantitative estimate of drug-likeness (QED) is 0.719. The summed E-state index contributed by atoms with van der Waals surface area (Å²) < 4.78 is 0. The zero-order chi connectivity index (χ0) is 19.6. The third-order valence-electron chi connectivity index (χ3n) is 6.74. The maximum atomic E-state index is 12.9. The monoisotopic (exact) mass is 387 g/mol. The van der Waals surface area contributed by atoms with E-state index in [1.807, 2.05) is 18.2 Å². The summed E-state index contributed by atoms with van der Waals surface area (Å²) in [7, 11) is 0. The summed E-state index contributed by atoms with van der Waals surface area (Å²) >= 11 is 0. The van der Waals surface area contributed by atoms with Crippen molar-refractivity contribution in [2.75, 3.05) is 32.7 Å². The summed E-state index contributed by atoms with van der Waals surface area (Å²) in [5.74, 6) is 0.848. The van der Waals surface area contributed by atoms with Crippen LogP contribution in [0.4, 0.5) is 0 Å². The van der Waals surface area contributed by atoms with Crippen LogP contribution in [-0.4, -0.2) is 53.4 Å². The number of nitrogens with one attached hydrogen (secondary N) is 1. The van der Waals surface area contributed by atoms with Gasteiger partial charge in [0.1, 0.15) is 0 Å². The number of nitrogens with zero attached hydrogens (tertiary/aromatic N) is 2. The van der Waals surface area contributed by atoms with Crippen LogP contribution in [0.2, 0.25) is 0 Å². The van der Waals surface area contributed by atoms with Crippen LogP contribution in [0.25, 0.3) is 10.9 Å². The number of piperidine rings is 1. The molecular weight excluding hydrogens is 358 g/mol. The summed E-state index contributed by atoms with van der Waals surface area (Å²) in [5.41, 5.74) is 4.83. The molecule has 5 rings (SSSR count). The number of aromatic amines is 1. The average Bonchev–Trinajstić information content (AvgIpc) is 3.13. The Bertz CT molecular complexity index is 1000. The molecule has 2 aromatic carbocycles. The molecule has 1 saturated heterocycles. The fourth-order valence-corrected chi connectivity index (χ4v) is 5.05. The fraction of sp³-hybridized carbons (Fsp3) is 0.400. The summed E-state index contributed by atoms with van der Waals surface area (Å²) in [5, 5.41) is 1.37. The second-order valence-corrected chi connectivity index (χ2v) is 8.46. The van der Waals surface area contributed by atoms with Gasteiger partial charge in [-0.1, -0.05) is 36.4 Å². The molecule has 2 aliphatic rings. The Balaban J connectivity index is 1.18. The Morgan fingerprint density at radius 2 is 1.72 bits per heavy atom. The topological polar surface area (TPSA) is 39.3 Å². The zero-order valence-corrected chi connectivity index (χ0v) is 16.9. The Morgan fingerprint density at radius 1 is 0.931 bits per heavy atom. The SMILES string of the molecule is O=C1c2ccccc2CCCN1CCN1CCC(c2c[nH]c3ccccc23)CC1. The van der Waals surface area contributed by atoms with E-state index in [2.05, 4.69) is 51.3 Å². The van der Waals surface area contributed by atoms with E-state index in [1.165, 1.54) is 34.9 Å². The van der Waals surface area contributed by atoms with Gasteiger partial charge in [0.15, 0.2) is 0 Å². The first kappa shape index (κ1) is 18.4. The number of hydrogen-bond acceptors (Lipinski definition) is 2. The number of aryl methyl sites for hydroxylation is 1. The van der Waals surface area contributed by atoms with E-state index in [0.29, 0.717) is 5.92 Å². The Hall–Kier alpha value is -2.59. The number of para-hydroxylation sites is 1. The number of amides is 1. The first-order chi connectivity index (χ1) is 14.3. The zero-order valence-electron chi connectivity index (χ0n) is 16.9. The van der Waals surface area contributed by atoms with E-state index in [-0.39, 0.29) is 5.91 Å². The van der Waals surface area contributed by atoms with Crippen molar-refractivity contribution in [3.63, 3.8) is 0 Å². The van der Waals surface area contributed by atoms with Crippen LogP contribution in [0, 0.1) is 0 Å². The van der Waals surface area contributed by atoms with Crippen molar-refractivity contribution in [1.29, 1.82) is 0 Å². The van der Waals surface area contributed by atoms with Crippen molar-refractivity contribution in [2.24, 2.45) is 0 Å². The number of likely N-dealkylation sites (tertiary alicyclic amines) is 1. The molecule has 0 unspecified atom stereocenters. The lowest BCUT2D eigenvalue weighted by Gasteiger charge is -2.33. The van der Waals surface area contributed by atoms with Gasteiger partial charge in [-0.15, -0.1) is 0 Å². The van der Waals surface area contributed by atoms with Gasteiger partial charge in [-0.25, -0.2) is 0 Å². The van der Waals surface area contributed by atoms with E-state index in [4.69, 9.17) is 0 Å². The lowest BCUT2D eigenvalue weighted by Crippen LogP contribution is -2.41. The predicted molar refractivity (Wildman–Crippen MR) is 117 cm³/mol. The van der Waals surface area contributed by atoms with E-state index in [1.54, 1.807) is 0 Å². The van der Waals surface area contributed by atoms with Gasteiger partial charge in [0.2, 0.25) is 0 Å². The van der Waals surface area contributed by atoms with Gasteiger partial charge < -0.3 is 14.8 Å². The van der Waals surface area contributed by atoms with Crippen LogP contribution < -0.4 is 0 Å². The van der Waals surface area contributed by atoms with Gasteiger partial charge in [0, 0.05) is 42.3 Å². The van der Waals surface area contributed by atoms with Crippen molar-refractivity contribution in [3.05, 3.63) is 71.4 Å². The van der Waals surface area contributed by atoms with E-state index in [9.17, 15) is 4.79 Å². The van der Waals surface area contributed by atoms with E-state index in [0.717, 1.165) is 51.1 Å². The molecule has 3 aromatic rings. The molecular formula is C25H29N3O. The molecule has 0 saturated carbocycles. The number of aromatic nitrogens is 1. The number of fused-ring (bicyclic) bond motifs is 2. The molecule has 0 bridgehead atoms. The minimum atomic E-state index is 0.215. The third kappa shape index (κ3) is 3.69. The van der Waals surface area contributed by atoms with Crippen LogP contribution in [-0.2, 0) is 6.42 Å². The molecule has 2 aliphatic heterocycles. The second-order valence-electron chi connectivity index (χ2n) is 8.46. The summed E-state index contributed by atoms with van der Waals surface area (Å²) in [4.78, 5) is 21.0. The van der Waals surface area contributed by atoms with E-state index >= 15 is 0 Å². The highest BCUT2D eigenvalue weighted by Gasteiger charge is 2.25. The van der Waals surface area contributed by atoms with E-state index < -0.39 is 0 Å². The lowest BCUT2D eigenvalue weighted by molar-refractivity contribution is 0.0732. The molecule has 150 valence electrons. The Kier molecular flexibility index (Phi) is 5.11. The smallest absolute Gasteiger partial charge is 0.254 e. The highest BCUT2D eigenvalue weighted by molar-refractivity contribution is 5.96. The van der Waals surface area contributed by atoms with Crippen molar-refractivity contribution >= 4 is 16.8 Å². The molecule has 3 heterocycles. The largest absolute Gasteiger partial charge is 0.361 e. The highest BCUT2D eigenvalue weighted by Crippen LogP contribution is 2.33. The van der Waals surface area contributed by atoms with Gasteiger partial charge in [-0.2, -0.15) is 0 Å². The summed E-state index contributed by atoms with van der Waals surface area (Å²) in [6.07, 6.45) is 6.66. The first-order valence-electron chi connectivity index (χ1n) is 10.9. The highest BCUT2D eigenvalue weighted by atomic mass is 16.2. The van der Waals surface area contributed by atoms with Crippen molar-refractivity contribution < 1.29 is 4.79 Å². The van der Waals surface area contributed by atoms with Crippen LogP contribution in [0.1, 0.15) is 46.7 Å². The van der Waals surface area contributed by atoms with Crippen molar-refractivity contribution in [3.8, 4) is 0 Å². The number of benzene rings is 2. The van der Waals surface area contributed by atoms with Gasteiger partial charge in [0.25, 0.3) is 5.91 Å². The molecule has 1 aromatic heterocycles. The first-order valence-corrected chi connectivity index (χ1v) is 10.9. The van der Waals surface area contributed by atoms with Crippen LogP contribution >= 0.6 is 0 Å². The number of carbonyl (C=O) groups excluding carboxylic acids is 1. The molecule has 1 amide bonds. The molecule has 4 heteroatoms. The molecule has 0 aliphatic carbocycles. The van der Waals surface area contributed by atoms with Crippen molar-refractivity contribution in [2.45, 2.75) is 31.6 Å². The number of rotatable bonds is 4. The molecule has 0 atom stereocenters. The number of hydrogen-bond donors (Lipinski definition) is 1. The van der Waals surface area contributed by atoms with Gasteiger partial charge in [-0.05, 0) is 68.0 Å². The molecule has 0 spiro atoms. The van der Waals surface area contributed by atoms with Gasteiger partial charge >= 0.3 is 0 Å². The summed E-state index contributed by atoms with van der Waals surface area (Å²) in [6.45, 7) is 4.92. The number of H-pyrrole nitrogens is 1. The van der Waals surface area contributed by atoms with Crippen LogP contribution in [0.5, 0.6) is 0 Å². The normalized spacial score (nSPS) is 18.8. The molecule has 4 nitrogen and oxygen atoms in total. The molecule has 1 fully saturated rings. The fourth-order valence-electron chi connectivity index (χ4n) is 5.05. The van der Waals surface area contributed by atoms with Gasteiger partial charge in [-0.3, -0.25) is 4.79 Å². The van der Waals surface area contributed by atoms with Crippen molar-refractivity contribution in [1.82, 2.24) is 14.8 Å². The lowest BCUT2D eigenvalue weighted by atomic mass is 9.89. The minimum absolute atomic E-state index is 0.215. The number of carbonyl (C=O) groups is 1. The summed E-state index contributed by atoms with van der Waals surface area (Å²) in [6, 6.07) is 16.7. The molecule has 0 radical (unpaired) electrons. The molecule has 29 heavy (non-hydrogen) atoms. The average molecular weight is 388 g/mol. The van der Waals surface area contributed by atoms with Gasteiger partial charge in [0.05, 0.1) is 0 Å².